The van der Waals surface area contributed by atoms with Gasteiger partial charge in [0.15, 0.2) is 12.6 Å². The summed E-state index contributed by atoms with van der Waals surface area (Å²) >= 11 is 0. The summed E-state index contributed by atoms with van der Waals surface area (Å²) in [4.78, 5) is 13.3. The zero-order valence-corrected chi connectivity index (χ0v) is 18.2. The topological polar surface area (TPSA) is 112 Å². The van der Waals surface area contributed by atoms with E-state index >= 15 is 0 Å². The summed E-state index contributed by atoms with van der Waals surface area (Å²) in [6.45, 7) is 2.05. The van der Waals surface area contributed by atoms with E-state index < -0.39 is 30.1 Å². The molecule has 0 aromatic heterocycles. The van der Waals surface area contributed by atoms with Crippen molar-refractivity contribution in [3.05, 3.63) is 59.4 Å². The Kier molecular flexibility index (Phi) is 8.56. The molecule has 8 heteroatoms. The van der Waals surface area contributed by atoms with Crippen molar-refractivity contribution in [2.24, 2.45) is 5.41 Å². The summed E-state index contributed by atoms with van der Waals surface area (Å²) < 4.78 is 24.2. The number of allylic oxidation sites excluding steroid dienone is 1. The molecule has 1 saturated carbocycles. The molecule has 1 aliphatic carbocycles. The van der Waals surface area contributed by atoms with Crippen LogP contribution in [-0.4, -0.2) is 52.6 Å². The average molecular weight is 450 g/mol. The molecule has 1 amide bonds. The first-order valence-electron chi connectivity index (χ1n) is 11.0. The average Bonchev–Trinajstić information content (AvgIpc) is 3.27. The van der Waals surface area contributed by atoms with E-state index in [1.165, 1.54) is 12.1 Å². The highest BCUT2D eigenvalue weighted by atomic mass is 19.1. The molecule has 1 saturated heterocycles. The third-order valence-corrected chi connectivity index (χ3v) is 5.85. The van der Waals surface area contributed by atoms with Crippen molar-refractivity contribution < 1.29 is 34.0 Å². The van der Waals surface area contributed by atoms with Gasteiger partial charge in [-0.15, -0.1) is 0 Å². The molecule has 176 valence electrons. The van der Waals surface area contributed by atoms with Crippen LogP contribution in [0.2, 0.25) is 0 Å². The van der Waals surface area contributed by atoms with Crippen molar-refractivity contribution in [3.8, 4) is 0 Å². The third-order valence-electron chi connectivity index (χ3n) is 5.85. The molecule has 0 spiro atoms. The van der Waals surface area contributed by atoms with E-state index in [1.54, 1.807) is 12.1 Å². The second-order valence-electron chi connectivity index (χ2n) is 8.49. The Hall–Kier alpha value is -2.10. The van der Waals surface area contributed by atoms with Crippen molar-refractivity contribution in [2.45, 2.75) is 70.4 Å². The first kappa shape index (κ1) is 24.5. The van der Waals surface area contributed by atoms with Crippen LogP contribution in [0, 0.1) is 11.2 Å². The molecule has 2 fully saturated rings. The second kappa shape index (κ2) is 11.2. The van der Waals surface area contributed by atoms with Crippen molar-refractivity contribution in [3.63, 3.8) is 0 Å². The van der Waals surface area contributed by atoms with Gasteiger partial charge in [0.2, 0.25) is 5.91 Å². The maximum atomic E-state index is 13.3. The summed E-state index contributed by atoms with van der Waals surface area (Å²) in [7, 11) is 0. The second-order valence-corrected chi connectivity index (χ2v) is 8.49. The van der Waals surface area contributed by atoms with Gasteiger partial charge in [0, 0.05) is 6.42 Å². The first-order chi connectivity index (χ1) is 15.3. The Morgan fingerprint density at radius 1 is 1.38 bits per heavy atom. The van der Waals surface area contributed by atoms with Crippen LogP contribution in [0.4, 0.5) is 4.39 Å². The minimum Gasteiger partial charge on any atom is -0.375 e. The monoisotopic (exact) mass is 449 g/mol. The van der Waals surface area contributed by atoms with Crippen LogP contribution in [0.25, 0.3) is 0 Å². The number of carbonyl (C=O) groups excluding carboxylic acids is 1. The summed E-state index contributed by atoms with van der Waals surface area (Å²) in [6.07, 6.45) is 5.67. The SMILES string of the molecule is C/C=C/C(=C\C1(C(=O)N[C@H](COCc2cccc(F)c2)CC(O)O)CCCC1)[C@@H]1OC1O. The van der Waals surface area contributed by atoms with Crippen molar-refractivity contribution in [2.75, 3.05) is 6.61 Å². The molecule has 3 rings (SSSR count). The molecule has 1 unspecified atom stereocenters. The Balaban J connectivity index is 1.68. The fourth-order valence-corrected chi connectivity index (χ4v) is 4.23. The fraction of sp³-hybridized carbons (Fsp3) is 0.542. The number of epoxide rings is 1. The summed E-state index contributed by atoms with van der Waals surface area (Å²) in [6, 6.07) is 5.40. The molecule has 1 heterocycles. The Morgan fingerprint density at radius 2 is 2.09 bits per heavy atom. The lowest BCUT2D eigenvalue weighted by molar-refractivity contribution is -0.130. The van der Waals surface area contributed by atoms with Crippen LogP contribution in [0.3, 0.4) is 0 Å². The van der Waals surface area contributed by atoms with Gasteiger partial charge >= 0.3 is 0 Å². The molecule has 0 radical (unpaired) electrons. The minimum atomic E-state index is -1.61. The van der Waals surface area contributed by atoms with E-state index in [4.69, 9.17) is 9.47 Å². The Labute approximate surface area is 187 Å². The number of nitrogens with one attached hydrogen (secondary N) is 1. The van der Waals surface area contributed by atoms with E-state index in [9.17, 15) is 24.5 Å². The molecule has 4 N–H and O–H groups in total. The smallest absolute Gasteiger partial charge is 0.230 e. The van der Waals surface area contributed by atoms with Gasteiger partial charge in [-0.25, -0.2) is 4.39 Å². The number of aliphatic hydroxyl groups is 3. The first-order valence-corrected chi connectivity index (χ1v) is 11.0. The molecule has 0 bridgehead atoms. The van der Waals surface area contributed by atoms with E-state index in [2.05, 4.69) is 5.32 Å². The molecule has 3 atom stereocenters. The maximum absolute atomic E-state index is 13.3. The van der Waals surface area contributed by atoms with Gasteiger partial charge in [0.1, 0.15) is 11.9 Å². The number of aliphatic hydroxyl groups excluding tert-OH is 2. The van der Waals surface area contributed by atoms with Crippen LogP contribution in [0.1, 0.15) is 44.6 Å². The van der Waals surface area contributed by atoms with Gasteiger partial charge in [-0.2, -0.15) is 0 Å². The largest absolute Gasteiger partial charge is 0.375 e. The zero-order valence-electron chi connectivity index (χ0n) is 18.2. The highest BCUT2D eigenvalue weighted by Gasteiger charge is 2.44. The maximum Gasteiger partial charge on any atom is 0.230 e. The molecule has 1 aromatic rings. The van der Waals surface area contributed by atoms with E-state index in [0.717, 1.165) is 18.4 Å². The minimum absolute atomic E-state index is 0.0475. The lowest BCUT2D eigenvalue weighted by Gasteiger charge is -2.29. The molecule has 1 aliphatic heterocycles. The molecular weight excluding hydrogens is 417 g/mol. The molecule has 1 aromatic carbocycles. The van der Waals surface area contributed by atoms with Crippen molar-refractivity contribution in [1.29, 1.82) is 0 Å². The lowest BCUT2D eigenvalue weighted by Crippen LogP contribution is -2.47. The number of halogens is 1. The predicted octanol–water partition coefficient (Wildman–Crippen LogP) is 2.31. The summed E-state index contributed by atoms with van der Waals surface area (Å²) in [5.74, 6) is -0.578. The number of rotatable bonds is 11. The van der Waals surface area contributed by atoms with Crippen LogP contribution < -0.4 is 5.32 Å². The standard InChI is InChI=1S/C24H32FNO6/c1-2-6-17(21-22(29)32-21)13-24(9-3-4-10-24)23(30)26-19(12-20(27)28)15-31-14-16-7-5-8-18(25)11-16/h2,5-8,11,13,19-22,27-29H,3-4,9-10,12,14-15H2,1H3,(H,26,30)/b6-2+,17-13+/t19-,21-,22?/m0/s1. The van der Waals surface area contributed by atoms with E-state index in [1.807, 2.05) is 25.2 Å². The van der Waals surface area contributed by atoms with Crippen molar-refractivity contribution in [1.82, 2.24) is 5.32 Å². The number of carbonyl (C=O) groups is 1. The van der Waals surface area contributed by atoms with Crippen molar-refractivity contribution >= 4 is 5.91 Å². The van der Waals surface area contributed by atoms with Crippen LogP contribution in [-0.2, 0) is 20.9 Å². The van der Waals surface area contributed by atoms with Crippen LogP contribution in [0.15, 0.2) is 48.1 Å². The molecule has 7 nitrogen and oxygen atoms in total. The third kappa shape index (κ3) is 6.70. The van der Waals surface area contributed by atoms with E-state index in [-0.39, 0.29) is 31.4 Å². The molecular formula is C24H32FNO6. The number of hydrogen-bond acceptors (Lipinski definition) is 6. The van der Waals surface area contributed by atoms with Crippen LogP contribution in [0.5, 0.6) is 0 Å². The zero-order chi connectivity index (χ0) is 23.1. The van der Waals surface area contributed by atoms with Gasteiger partial charge in [-0.05, 0) is 43.0 Å². The predicted molar refractivity (Wildman–Crippen MR) is 116 cm³/mol. The Bertz CT molecular complexity index is 834. The van der Waals surface area contributed by atoms with E-state index in [0.29, 0.717) is 18.4 Å². The van der Waals surface area contributed by atoms with Gasteiger partial charge in [0.05, 0.1) is 24.7 Å². The fourth-order valence-electron chi connectivity index (χ4n) is 4.23. The number of amides is 1. The number of benzene rings is 1. The van der Waals surface area contributed by atoms with Gasteiger partial charge in [-0.3, -0.25) is 4.79 Å². The lowest BCUT2D eigenvalue weighted by atomic mass is 9.82. The van der Waals surface area contributed by atoms with Gasteiger partial charge in [0.25, 0.3) is 0 Å². The van der Waals surface area contributed by atoms with Crippen LogP contribution >= 0.6 is 0 Å². The normalized spacial score (nSPS) is 23.6. The number of ether oxygens (including phenoxy) is 2. The highest BCUT2D eigenvalue weighted by Crippen LogP contribution is 2.43. The van der Waals surface area contributed by atoms with Gasteiger partial charge in [-0.1, -0.05) is 43.2 Å². The molecule has 2 aliphatic rings. The molecule has 32 heavy (non-hydrogen) atoms. The summed E-state index contributed by atoms with van der Waals surface area (Å²) in [5, 5.41) is 31.6. The van der Waals surface area contributed by atoms with Gasteiger partial charge < -0.3 is 30.1 Å². The quantitative estimate of drug-likeness (QED) is 0.234. The number of hydrogen-bond donors (Lipinski definition) is 4. The summed E-state index contributed by atoms with van der Waals surface area (Å²) in [5.41, 5.74) is 0.647. The highest BCUT2D eigenvalue weighted by molar-refractivity contribution is 5.85. The Morgan fingerprint density at radius 3 is 2.69 bits per heavy atom.